The Hall–Kier alpha value is -1.76. The van der Waals surface area contributed by atoms with E-state index in [4.69, 9.17) is 14.6 Å². The highest BCUT2D eigenvalue weighted by molar-refractivity contribution is 14.1. The molecule has 0 heterocycles. The summed E-state index contributed by atoms with van der Waals surface area (Å²) in [4.78, 5) is 11.0. The molecule has 0 bridgehead atoms. The van der Waals surface area contributed by atoms with Crippen LogP contribution in [0.3, 0.4) is 0 Å². The predicted molar refractivity (Wildman–Crippen MR) is 88.2 cm³/mol. The lowest BCUT2D eigenvalue weighted by Crippen LogP contribution is -2.03. The topological polar surface area (TPSA) is 55.8 Å². The van der Waals surface area contributed by atoms with Crippen LogP contribution in [0, 0.1) is 10.5 Å². The third kappa shape index (κ3) is 3.87. The van der Waals surface area contributed by atoms with Crippen molar-refractivity contribution in [3.8, 4) is 11.5 Å². The van der Waals surface area contributed by atoms with Crippen molar-refractivity contribution in [2.24, 2.45) is 0 Å². The molecule has 21 heavy (non-hydrogen) atoms. The molecule has 0 fully saturated rings. The number of rotatable bonds is 5. The fourth-order valence-electron chi connectivity index (χ4n) is 1.82. The van der Waals surface area contributed by atoms with Crippen LogP contribution < -0.4 is 9.47 Å². The number of carbonyl (C=O) groups is 1. The van der Waals surface area contributed by atoms with Gasteiger partial charge < -0.3 is 14.6 Å². The van der Waals surface area contributed by atoms with Crippen LogP contribution in [0.15, 0.2) is 36.4 Å². The summed E-state index contributed by atoms with van der Waals surface area (Å²) in [5, 5.41) is 9.05. The number of benzene rings is 2. The lowest BCUT2D eigenvalue weighted by molar-refractivity contribution is 0.0696. The number of ether oxygens (including phenoxy) is 2. The Bertz CT molecular complexity index is 650. The zero-order chi connectivity index (χ0) is 15.4. The number of halogens is 1. The smallest absolute Gasteiger partial charge is 0.335 e. The molecule has 0 amide bonds. The zero-order valence-corrected chi connectivity index (χ0v) is 13.9. The average Bonchev–Trinajstić information content (AvgIpc) is 2.46. The molecule has 1 N–H and O–H groups in total. The van der Waals surface area contributed by atoms with E-state index < -0.39 is 5.97 Å². The monoisotopic (exact) mass is 398 g/mol. The molecule has 0 spiro atoms. The standard InChI is InChI=1S/C16H15IO4/c1-10-3-5-11(6-4-10)9-21-15-13(17)7-12(16(18)19)8-14(15)20-2/h3-8H,9H2,1-2H3,(H,18,19). The molecule has 2 aromatic carbocycles. The summed E-state index contributed by atoms with van der Waals surface area (Å²) in [6.45, 7) is 2.43. The van der Waals surface area contributed by atoms with E-state index in [9.17, 15) is 4.79 Å². The highest BCUT2D eigenvalue weighted by Crippen LogP contribution is 2.34. The van der Waals surface area contributed by atoms with Gasteiger partial charge >= 0.3 is 5.97 Å². The Labute approximate surface area is 136 Å². The van der Waals surface area contributed by atoms with E-state index in [2.05, 4.69) is 0 Å². The van der Waals surface area contributed by atoms with Gasteiger partial charge in [-0.1, -0.05) is 29.8 Å². The van der Waals surface area contributed by atoms with E-state index in [1.807, 2.05) is 53.8 Å². The van der Waals surface area contributed by atoms with Crippen molar-refractivity contribution >= 4 is 28.6 Å². The molecule has 0 aliphatic carbocycles. The van der Waals surface area contributed by atoms with Crippen molar-refractivity contribution < 1.29 is 19.4 Å². The Morgan fingerprint density at radius 2 is 1.90 bits per heavy atom. The molecule has 2 rings (SSSR count). The van der Waals surface area contributed by atoms with Crippen molar-refractivity contribution in [3.05, 3.63) is 56.7 Å². The van der Waals surface area contributed by atoms with Crippen LogP contribution in [0.25, 0.3) is 0 Å². The molecule has 5 heteroatoms. The van der Waals surface area contributed by atoms with E-state index in [1.165, 1.54) is 18.7 Å². The summed E-state index contributed by atoms with van der Waals surface area (Å²) in [7, 11) is 1.50. The third-order valence-electron chi connectivity index (χ3n) is 2.98. The molecule has 0 radical (unpaired) electrons. The fourth-order valence-corrected chi connectivity index (χ4v) is 2.58. The molecule has 0 aliphatic rings. The van der Waals surface area contributed by atoms with Crippen molar-refractivity contribution in [2.45, 2.75) is 13.5 Å². The van der Waals surface area contributed by atoms with E-state index in [0.29, 0.717) is 21.7 Å². The van der Waals surface area contributed by atoms with E-state index in [-0.39, 0.29) is 5.56 Å². The lowest BCUT2D eigenvalue weighted by Gasteiger charge is -2.13. The maximum atomic E-state index is 11.0. The van der Waals surface area contributed by atoms with E-state index in [1.54, 1.807) is 6.07 Å². The fraction of sp³-hybridized carbons (Fsp3) is 0.188. The highest BCUT2D eigenvalue weighted by atomic mass is 127. The predicted octanol–water partition coefficient (Wildman–Crippen LogP) is 3.89. The van der Waals surface area contributed by atoms with Crippen molar-refractivity contribution in [1.82, 2.24) is 0 Å². The normalized spacial score (nSPS) is 10.2. The van der Waals surface area contributed by atoms with Crippen LogP contribution >= 0.6 is 22.6 Å². The van der Waals surface area contributed by atoms with Crippen LogP contribution in [-0.2, 0) is 6.61 Å². The lowest BCUT2D eigenvalue weighted by atomic mass is 10.1. The number of hydrogen-bond acceptors (Lipinski definition) is 3. The first-order valence-electron chi connectivity index (χ1n) is 6.30. The van der Waals surface area contributed by atoms with Gasteiger partial charge in [-0.15, -0.1) is 0 Å². The molecule has 2 aromatic rings. The van der Waals surface area contributed by atoms with Crippen LogP contribution in [-0.4, -0.2) is 18.2 Å². The average molecular weight is 398 g/mol. The van der Waals surface area contributed by atoms with Gasteiger partial charge in [0.1, 0.15) is 6.61 Å². The SMILES string of the molecule is COc1cc(C(=O)O)cc(I)c1OCc1ccc(C)cc1. The summed E-state index contributed by atoms with van der Waals surface area (Å²) in [6.07, 6.45) is 0. The minimum absolute atomic E-state index is 0.180. The summed E-state index contributed by atoms with van der Waals surface area (Å²) in [5.74, 6) is -0.00797. The largest absolute Gasteiger partial charge is 0.493 e. The first-order valence-corrected chi connectivity index (χ1v) is 7.38. The minimum Gasteiger partial charge on any atom is -0.493 e. The molecule has 0 atom stereocenters. The Morgan fingerprint density at radius 1 is 1.24 bits per heavy atom. The molecule has 0 aliphatic heterocycles. The van der Waals surface area contributed by atoms with Gasteiger partial charge in [-0.2, -0.15) is 0 Å². The van der Waals surface area contributed by atoms with Gasteiger partial charge in [-0.3, -0.25) is 0 Å². The van der Waals surface area contributed by atoms with Gasteiger partial charge in [-0.25, -0.2) is 4.79 Å². The molecule has 0 saturated carbocycles. The van der Waals surface area contributed by atoms with Gasteiger partial charge in [-0.05, 0) is 47.2 Å². The summed E-state index contributed by atoms with van der Waals surface area (Å²) >= 11 is 2.05. The number of aromatic carboxylic acids is 1. The van der Waals surface area contributed by atoms with Crippen LogP contribution in [0.1, 0.15) is 21.5 Å². The zero-order valence-electron chi connectivity index (χ0n) is 11.7. The highest BCUT2D eigenvalue weighted by Gasteiger charge is 2.15. The molecular formula is C16H15IO4. The minimum atomic E-state index is -0.990. The van der Waals surface area contributed by atoms with Gasteiger partial charge in [0.05, 0.1) is 16.2 Å². The Morgan fingerprint density at radius 3 is 2.48 bits per heavy atom. The van der Waals surface area contributed by atoms with Gasteiger partial charge in [0, 0.05) is 0 Å². The third-order valence-corrected chi connectivity index (χ3v) is 3.78. The Kier molecular flexibility index (Phi) is 5.06. The summed E-state index contributed by atoms with van der Waals surface area (Å²) in [5.41, 5.74) is 2.41. The maximum absolute atomic E-state index is 11.0. The number of hydrogen-bond donors (Lipinski definition) is 1. The van der Waals surface area contributed by atoms with E-state index in [0.717, 1.165) is 5.56 Å². The van der Waals surface area contributed by atoms with Crippen LogP contribution in [0.5, 0.6) is 11.5 Å². The molecular weight excluding hydrogens is 383 g/mol. The van der Waals surface area contributed by atoms with Gasteiger partial charge in [0.2, 0.25) is 0 Å². The van der Waals surface area contributed by atoms with Crippen molar-refractivity contribution in [1.29, 1.82) is 0 Å². The second-order valence-corrected chi connectivity index (χ2v) is 5.73. The molecule has 0 unspecified atom stereocenters. The van der Waals surface area contributed by atoms with Gasteiger partial charge in [0.25, 0.3) is 0 Å². The number of carboxylic acid groups (broad SMARTS) is 1. The number of aryl methyl sites for hydroxylation is 1. The molecule has 0 saturated heterocycles. The first-order chi connectivity index (χ1) is 10.0. The maximum Gasteiger partial charge on any atom is 0.335 e. The van der Waals surface area contributed by atoms with Gasteiger partial charge in [0.15, 0.2) is 11.5 Å². The molecule has 4 nitrogen and oxygen atoms in total. The van der Waals surface area contributed by atoms with E-state index >= 15 is 0 Å². The summed E-state index contributed by atoms with van der Waals surface area (Å²) in [6, 6.07) is 11.1. The quantitative estimate of drug-likeness (QED) is 0.777. The van der Waals surface area contributed by atoms with Crippen LogP contribution in [0.2, 0.25) is 0 Å². The number of carboxylic acids is 1. The summed E-state index contributed by atoms with van der Waals surface area (Å²) < 4.78 is 11.7. The molecule has 110 valence electrons. The second-order valence-electron chi connectivity index (χ2n) is 4.57. The number of methoxy groups -OCH3 is 1. The molecule has 0 aromatic heterocycles. The first kappa shape index (κ1) is 15.6. The van der Waals surface area contributed by atoms with Crippen molar-refractivity contribution in [3.63, 3.8) is 0 Å². The van der Waals surface area contributed by atoms with Crippen molar-refractivity contribution in [2.75, 3.05) is 7.11 Å². The Balaban J connectivity index is 2.23. The van der Waals surface area contributed by atoms with Crippen LogP contribution in [0.4, 0.5) is 0 Å². The second kappa shape index (κ2) is 6.80.